The molecule has 12 heteroatoms. The zero-order valence-corrected chi connectivity index (χ0v) is 27.3. The fourth-order valence-electron chi connectivity index (χ4n) is 9.70. The molecule has 0 radical (unpaired) electrons. The molecule has 0 spiro atoms. The Kier molecular flexibility index (Phi) is 9.58. The Morgan fingerprint density at radius 3 is 2.51 bits per heavy atom. The van der Waals surface area contributed by atoms with Crippen LogP contribution in [0, 0.1) is 23.7 Å². The van der Waals surface area contributed by atoms with E-state index in [1.54, 1.807) is 4.90 Å². The Morgan fingerprint density at radius 2 is 1.78 bits per heavy atom. The van der Waals surface area contributed by atoms with E-state index >= 15 is 8.78 Å². The van der Waals surface area contributed by atoms with E-state index in [-0.39, 0.29) is 66.1 Å². The van der Waals surface area contributed by atoms with E-state index in [1.807, 2.05) is 18.7 Å². The number of Topliss-reactive ketones (excluding diaryl/α,β-unsaturated/α-hetero) is 1. The van der Waals surface area contributed by atoms with E-state index < -0.39 is 42.7 Å². The summed E-state index contributed by atoms with van der Waals surface area (Å²) in [7, 11) is 0. The first-order valence-corrected chi connectivity index (χ1v) is 17.3. The third-order valence-corrected chi connectivity index (χ3v) is 11.9. The molecule has 252 valence electrons. The smallest absolute Gasteiger partial charge is 0.320 e. The number of nitrogens with zero attached hydrogens (tertiary/aromatic N) is 3. The van der Waals surface area contributed by atoms with Gasteiger partial charge in [0.15, 0.2) is 0 Å². The van der Waals surface area contributed by atoms with Gasteiger partial charge in [-0.2, -0.15) is 0 Å². The molecule has 3 amide bonds. The molecular formula is C33H53F2N7O3. The van der Waals surface area contributed by atoms with Crippen LogP contribution in [0.1, 0.15) is 66.2 Å². The van der Waals surface area contributed by atoms with Crippen molar-refractivity contribution < 1.29 is 23.2 Å². The van der Waals surface area contributed by atoms with Crippen LogP contribution in [0.25, 0.3) is 0 Å². The standard InChI is InChI=1S/C33H53F2N7O3/c1-6-26(44)40-15-19(5)41(16-18(40)4)31-21-14-23(35)29-27-22(34)8-7-9-24(27)36-13-11-25(43)20-10-12-37-28(17(2)3)30(20)42(32(21)38-29)33(45)39-31/h6,17-24,27-32,36-38H,1,7-16H2,2-5H3,(H,39,45)/t18-,19+,20?,21?,22?,23?,24?,27?,28?,29?,30?,31?,32?/m1/s1. The molecular weight excluding hydrogens is 580 g/mol. The summed E-state index contributed by atoms with van der Waals surface area (Å²) >= 11 is 0. The van der Waals surface area contributed by atoms with Gasteiger partial charge < -0.3 is 25.8 Å². The maximum atomic E-state index is 16.6. The lowest BCUT2D eigenvalue weighted by molar-refractivity contribution is -0.139. The SMILES string of the molecule is C=CC(=O)N1C[C@H](C)N(C2NC(=O)N3C4NC(C(F)CC42)C2C(F)CCCC2NCCC(=O)C2CCNC(C(C)C)C23)C[C@H]1C. The van der Waals surface area contributed by atoms with E-state index in [0.29, 0.717) is 45.4 Å². The number of hydrogen-bond acceptors (Lipinski definition) is 7. The highest BCUT2D eigenvalue weighted by Crippen LogP contribution is 2.42. The minimum atomic E-state index is -1.31. The van der Waals surface area contributed by atoms with Gasteiger partial charge in [0.25, 0.3) is 0 Å². The number of fused-ring (bicyclic) bond motifs is 5. The van der Waals surface area contributed by atoms with Crippen LogP contribution in [0.15, 0.2) is 12.7 Å². The summed E-state index contributed by atoms with van der Waals surface area (Å²) in [6.07, 6.45) is 0.725. The average Bonchev–Trinajstić information content (AvgIpc) is 3.00. The minimum absolute atomic E-state index is 0.0970. The second-order valence-corrected chi connectivity index (χ2v) is 14.9. The molecule has 0 aromatic heterocycles. The molecule has 6 fully saturated rings. The lowest BCUT2D eigenvalue weighted by Gasteiger charge is -2.60. The molecule has 13 atom stereocenters. The molecule has 4 N–H and O–H groups in total. The number of piperidine rings is 2. The van der Waals surface area contributed by atoms with Crippen molar-refractivity contribution in [1.82, 2.24) is 36.0 Å². The van der Waals surface area contributed by atoms with E-state index in [2.05, 4.69) is 46.6 Å². The van der Waals surface area contributed by atoms with Crippen LogP contribution < -0.4 is 21.3 Å². The van der Waals surface area contributed by atoms with Gasteiger partial charge in [-0.3, -0.25) is 19.8 Å². The van der Waals surface area contributed by atoms with Crippen LogP contribution in [-0.2, 0) is 9.59 Å². The summed E-state index contributed by atoms with van der Waals surface area (Å²) in [4.78, 5) is 46.8. The van der Waals surface area contributed by atoms with Crippen molar-refractivity contribution in [2.24, 2.45) is 23.7 Å². The largest absolute Gasteiger partial charge is 0.334 e. The average molecular weight is 634 g/mol. The van der Waals surface area contributed by atoms with Gasteiger partial charge in [-0.05, 0) is 64.5 Å². The number of piperazine rings is 1. The molecule has 1 aliphatic carbocycles. The molecule has 6 rings (SSSR count). The second-order valence-electron chi connectivity index (χ2n) is 14.9. The molecule has 5 heterocycles. The first kappa shape index (κ1) is 32.8. The number of carbonyl (C=O) groups is 3. The van der Waals surface area contributed by atoms with Gasteiger partial charge in [-0.25, -0.2) is 13.6 Å². The molecule has 0 aromatic rings. The molecule has 1 saturated carbocycles. The molecule has 2 bridgehead atoms. The second kappa shape index (κ2) is 13.2. The minimum Gasteiger partial charge on any atom is -0.334 e. The van der Waals surface area contributed by atoms with Crippen LogP contribution in [0.3, 0.4) is 0 Å². The zero-order valence-electron chi connectivity index (χ0n) is 27.3. The quantitative estimate of drug-likeness (QED) is 0.353. The molecule has 45 heavy (non-hydrogen) atoms. The van der Waals surface area contributed by atoms with E-state index in [9.17, 15) is 14.4 Å². The maximum absolute atomic E-state index is 16.6. The van der Waals surface area contributed by atoms with E-state index in [0.717, 1.165) is 12.8 Å². The lowest BCUT2D eigenvalue weighted by Crippen LogP contribution is -2.80. The number of hydrogen-bond donors (Lipinski definition) is 4. The highest BCUT2D eigenvalue weighted by molar-refractivity contribution is 5.87. The van der Waals surface area contributed by atoms with Crippen molar-refractivity contribution in [1.29, 1.82) is 0 Å². The molecule has 11 unspecified atom stereocenters. The summed E-state index contributed by atoms with van der Waals surface area (Å²) in [5, 5.41) is 14.0. The number of carbonyl (C=O) groups excluding carboxylic acids is 3. The van der Waals surface area contributed by atoms with Gasteiger partial charge in [-0.1, -0.05) is 20.4 Å². The molecule has 6 aliphatic rings. The predicted molar refractivity (Wildman–Crippen MR) is 168 cm³/mol. The topological polar surface area (TPSA) is 109 Å². The molecule has 5 aliphatic heterocycles. The third-order valence-electron chi connectivity index (χ3n) is 11.9. The van der Waals surface area contributed by atoms with E-state index in [4.69, 9.17) is 0 Å². The Balaban J connectivity index is 1.41. The number of amides is 3. The fraction of sp³-hybridized carbons (Fsp3) is 0.848. The summed E-state index contributed by atoms with van der Waals surface area (Å²) in [5.41, 5.74) is 0. The normalized spacial score (nSPS) is 44.6. The third kappa shape index (κ3) is 5.93. The summed E-state index contributed by atoms with van der Waals surface area (Å²) < 4.78 is 32.4. The molecule has 10 nitrogen and oxygen atoms in total. The van der Waals surface area contributed by atoms with Crippen molar-refractivity contribution in [3.8, 4) is 0 Å². The van der Waals surface area contributed by atoms with Crippen molar-refractivity contribution in [2.45, 2.75) is 127 Å². The summed E-state index contributed by atoms with van der Waals surface area (Å²) in [6, 6.07) is -2.05. The fourth-order valence-corrected chi connectivity index (χ4v) is 9.70. The Bertz CT molecular complexity index is 1140. The highest BCUT2D eigenvalue weighted by atomic mass is 19.1. The lowest BCUT2D eigenvalue weighted by atomic mass is 9.71. The Morgan fingerprint density at radius 1 is 1.00 bits per heavy atom. The van der Waals surface area contributed by atoms with Gasteiger partial charge in [-0.15, -0.1) is 0 Å². The number of nitrogens with one attached hydrogen (secondary N) is 4. The Hall–Kier alpha value is -2.15. The number of rotatable bonds is 3. The van der Waals surface area contributed by atoms with Gasteiger partial charge in [0, 0.05) is 74.0 Å². The summed E-state index contributed by atoms with van der Waals surface area (Å²) in [5.74, 6) is -1.17. The van der Waals surface area contributed by atoms with Crippen LogP contribution in [0.4, 0.5) is 13.6 Å². The predicted octanol–water partition coefficient (Wildman–Crippen LogP) is 2.16. The van der Waals surface area contributed by atoms with Crippen molar-refractivity contribution in [2.75, 3.05) is 26.2 Å². The van der Waals surface area contributed by atoms with Crippen LogP contribution in [0.2, 0.25) is 0 Å². The number of ketones is 1. The van der Waals surface area contributed by atoms with Gasteiger partial charge in [0.1, 0.15) is 18.1 Å². The molecule has 5 saturated heterocycles. The highest BCUT2D eigenvalue weighted by Gasteiger charge is 2.58. The van der Waals surface area contributed by atoms with Crippen molar-refractivity contribution in [3.63, 3.8) is 0 Å². The van der Waals surface area contributed by atoms with Crippen LogP contribution in [-0.4, -0.2) is 120 Å². The summed E-state index contributed by atoms with van der Waals surface area (Å²) in [6.45, 7) is 14.0. The number of alkyl halides is 2. The van der Waals surface area contributed by atoms with E-state index in [1.165, 1.54) is 6.08 Å². The van der Waals surface area contributed by atoms with Gasteiger partial charge in [0.05, 0.1) is 18.4 Å². The van der Waals surface area contributed by atoms with Crippen LogP contribution in [0.5, 0.6) is 0 Å². The van der Waals surface area contributed by atoms with Crippen LogP contribution >= 0.6 is 0 Å². The molecule has 0 aromatic carbocycles. The first-order valence-electron chi connectivity index (χ1n) is 17.3. The van der Waals surface area contributed by atoms with Gasteiger partial charge in [0.2, 0.25) is 5.91 Å². The van der Waals surface area contributed by atoms with Crippen molar-refractivity contribution >= 4 is 17.7 Å². The number of urea groups is 1. The Labute approximate surface area is 266 Å². The zero-order chi connectivity index (χ0) is 32.2. The number of halogens is 2. The van der Waals surface area contributed by atoms with Crippen molar-refractivity contribution in [3.05, 3.63) is 12.7 Å². The van der Waals surface area contributed by atoms with Gasteiger partial charge >= 0.3 is 6.03 Å². The maximum Gasteiger partial charge on any atom is 0.320 e. The first-order chi connectivity index (χ1) is 21.5. The monoisotopic (exact) mass is 633 g/mol.